The molecule has 0 aliphatic heterocycles. The zero-order chi connectivity index (χ0) is 94.6. The van der Waals surface area contributed by atoms with Crippen molar-refractivity contribution < 1.29 is 13.3 Å². The van der Waals surface area contributed by atoms with Gasteiger partial charge in [0.1, 0.15) is 22.3 Å². The van der Waals surface area contributed by atoms with Crippen LogP contribution in [0.4, 0.5) is 0 Å². The average molecular weight is 1840 g/mol. The van der Waals surface area contributed by atoms with Crippen molar-refractivity contribution in [2.45, 2.75) is 0 Å². The van der Waals surface area contributed by atoms with Crippen LogP contribution in [-0.4, -0.2) is 33.6 Å². The van der Waals surface area contributed by atoms with E-state index in [1.807, 2.05) is 36.4 Å². The first kappa shape index (κ1) is 81.7. The third kappa shape index (κ3) is 13.1. The zero-order valence-corrected chi connectivity index (χ0v) is 77.6. The van der Waals surface area contributed by atoms with Gasteiger partial charge in [-0.05, 0) is 162 Å². The van der Waals surface area contributed by atoms with Gasteiger partial charge in [-0.1, -0.05) is 400 Å². The highest BCUT2D eigenvalue weighted by atomic mass is 16.3. The van der Waals surface area contributed by atoms with Gasteiger partial charge in [-0.25, -0.2) is 19.9 Å². The molecule has 0 amide bonds. The summed E-state index contributed by atoms with van der Waals surface area (Å²) in [6.45, 7) is 0. The van der Waals surface area contributed by atoms with E-state index in [0.717, 1.165) is 204 Å². The summed E-state index contributed by atoms with van der Waals surface area (Å²) in [6.07, 6.45) is 0. The Kier molecular flexibility index (Phi) is 18.8. The first-order valence-corrected chi connectivity index (χ1v) is 48.9. The second kappa shape index (κ2) is 33.2. The summed E-state index contributed by atoms with van der Waals surface area (Å²) in [5.41, 5.74) is 31.0. The molecule has 10 nitrogen and oxygen atoms in total. The van der Waals surface area contributed by atoms with E-state index in [1.54, 1.807) is 0 Å². The molecule has 9 aromatic heterocycles. The molecule has 0 radical (unpaired) electrons. The highest BCUT2D eigenvalue weighted by Gasteiger charge is 2.30. The van der Waals surface area contributed by atoms with Crippen LogP contribution < -0.4 is 0 Å². The Balaban J connectivity index is 0.000000103. The van der Waals surface area contributed by atoms with Gasteiger partial charge >= 0.3 is 0 Å². The number of hydrogen-bond acceptors (Lipinski definition) is 7. The molecule has 670 valence electrons. The van der Waals surface area contributed by atoms with Crippen LogP contribution >= 0.6 is 0 Å². The van der Waals surface area contributed by atoms with Crippen LogP contribution in [0.5, 0.6) is 0 Å². The van der Waals surface area contributed by atoms with E-state index in [-0.39, 0.29) is 0 Å². The molecule has 9 heterocycles. The lowest BCUT2D eigenvalue weighted by Gasteiger charge is -2.13. The minimum atomic E-state index is 0.602. The Morgan fingerprint density at radius 1 is 0.174 bits per heavy atom. The third-order valence-corrected chi connectivity index (χ3v) is 29.1. The first-order chi connectivity index (χ1) is 71.5. The highest BCUT2D eigenvalue weighted by Crippen LogP contribution is 2.52. The second-order valence-corrected chi connectivity index (χ2v) is 37.2. The van der Waals surface area contributed by atoms with E-state index >= 15 is 0 Å². The zero-order valence-electron chi connectivity index (χ0n) is 77.6. The average Bonchev–Trinajstić information content (AvgIpc) is 1.54. The largest absolute Gasteiger partial charge is 0.454 e. The molecular weight excluding hydrogens is 1760 g/mol. The number of nitrogens with zero attached hydrogens (tertiary/aromatic N) is 7. The summed E-state index contributed by atoms with van der Waals surface area (Å²) in [6, 6.07) is 173. The number of hydrogen-bond donors (Lipinski definition) is 0. The number of fused-ring (bicyclic) bond motifs is 33. The van der Waals surface area contributed by atoms with Crippen LogP contribution in [0.2, 0.25) is 0 Å². The summed E-state index contributed by atoms with van der Waals surface area (Å²) >= 11 is 0. The number of benzene rings is 22. The summed E-state index contributed by atoms with van der Waals surface area (Å²) in [7, 11) is 0. The number of aromatic nitrogens is 7. The van der Waals surface area contributed by atoms with E-state index in [4.69, 9.17) is 33.2 Å². The molecule has 0 atom stereocenters. The number of pyridine rings is 2. The monoisotopic (exact) mass is 1840 g/mol. The van der Waals surface area contributed by atoms with Crippen LogP contribution in [0, 0.1) is 0 Å². The number of rotatable bonds is 10. The molecule has 0 fully saturated rings. The van der Waals surface area contributed by atoms with Crippen molar-refractivity contribution in [2.75, 3.05) is 0 Å². The molecule has 0 aliphatic carbocycles. The van der Waals surface area contributed by atoms with Crippen LogP contribution in [0.3, 0.4) is 0 Å². The van der Waals surface area contributed by atoms with E-state index < -0.39 is 0 Å². The highest BCUT2D eigenvalue weighted by molar-refractivity contribution is 6.38. The Labute approximate surface area is 824 Å². The topological polar surface area (TPSA) is 106 Å². The maximum absolute atomic E-state index is 6.86. The van der Waals surface area contributed by atoms with E-state index in [9.17, 15) is 0 Å². The van der Waals surface area contributed by atoms with Crippen molar-refractivity contribution >= 4 is 196 Å². The van der Waals surface area contributed by atoms with Gasteiger partial charge < -0.3 is 22.4 Å². The van der Waals surface area contributed by atoms with Gasteiger partial charge in [0.2, 0.25) is 5.95 Å². The molecule has 0 spiro atoms. The lowest BCUT2D eigenvalue weighted by atomic mass is 9.97. The van der Waals surface area contributed by atoms with Crippen molar-refractivity contribution in [3.05, 3.63) is 491 Å². The molecular formula is C134H81N7O3. The fourth-order valence-electron chi connectivity index (χ4n) is 22.7. The fourth-order valence-corrected chi connectivity index (χ4v) is 22.7. The van der Waals surface area contributed by atoms with Crippen molar-refractivity contribution in [1.82, 2.24) is 33.6 Å². The lowest BCUT2D eigenvalue weighted by molar-refractivity contribution is 0.670. The van der Waals surface area contributed by atoms with E-state index in [1.165, 1.54) is 81.7 Å². The van der Waals surface area contributed by atoms with E-state index in [0.29, 0.717) is 5.95 Å². The van der Waals surface area contributed by atoms with Gasteiger partial charge in [0.15, 0.2) is 16.7 Å². The number of para-hydroxylation sites is 7. The Morgan fingerprint density at radius 2 is 0.493 bits per heavy atom. The van der Waals surface area contributed by atoms with Crippen LogP contribution in [0.1, 0.15) is 0 Å². The summed E-state index contributed by atoms with van der Waals surface area (Å²) in [4.78, 5) is 21.1. The quantitative estimate of drug-likeness (QED) is 0.134. The summed E-state index contributed by atoms with van der Waals surface area (Å²) in [5, 5.41) is 25.6. The predicted molar refractivity (Wildman–Crippen MR) is 598 cm³/mol. The van der Waals surface area contributed by atoms with Gasteiger partial charge in [0.25, 0.3) is 0 Å². The van der Waals surface area contributed by atoms with Gasteiger partial charge in [-0.3, -0.25) is 4.57 Å². The molecule has 31 aromatic rings. The van der Waals surface area contributed by atoms with Crippen LogP contribution in [-0.2, 0) is 0 Å². The third-order valence-electron chi connectivity index (χ3n) is 29.1. The van der Waals surface area contributed by atoms with Crippen LogP contribution in [0.15, 0.2) is 505 Å². The molecule has 144 heavy (non-hydrogen) atoms. The minimum Gasteiger partial charge on any atom is -0.454 e. The van der Waals surface area contributed by atoms with Crippen molar-refractivity contribution in [3.63, 3.8) is 0 Å². The molecule has 22 aromatic carbocycles. The first-order valence-electron chi connectivity index (χ1n) is 48.9. The van der Waals surface area contributed by atoms with Gasteiger partial charge in [0.05, 0.1) is 61.4 Å². The minimum absolute atomic E-state index is 0.602. The van der Waals surface area contributed by atoms with Crippen molar-refractivity contribution in [2.24, 2.45) is 0 Å². The lowest BCUT2D eigenvalue weighted by Crippen LogP contribution is -2.03. The molecule has 0 aliphatic rings. The normalized spacial score (nSPS) is 11.9. The molecule has 10 heteroatoms. The molecule has 0 N–H and O–H groups in total. The standard InChI is InChI=1S/C48H29N3O.2C43H26N2O/c1-3-13-30(14-4-1)32-23-25-33(26-24-32)45-37-19-9-11-21-40(37)49-48(50-45)51-41-28-27-34(31-15-5-2-6-16-31)29-39(41)43-35-17-7-8-18-36(35)44-38-20-10-12-22-42(38)52-47(44)46(43)51;1-2-12-27(13-3-1)35-26-37(44-36-19-9-6-14-30(35)36)28-22-24-29(25-23-28)45-38-20-10-7-17-33(38)40-31-15-4-5-16-32(31)41-34-18-8-11-21-39(34)46-43(41)42(40)45;1-2-12-28(13-3-1)41-31-15-5-4-14-29(31)26-36(44-41)27-22-24-30(25-23-27)45-37-20-10-8-18-34(37)39-32-16-6-7-17-33(32)40-35-19-9-11-21-38(35)46-43(40)42(39)45/h1-29H;2*1-26H. The molecule has 0 saturated heterocycles. The Hall–Kier alpha value is -19.4. The van der Waals surface area contributed by atoms with Crippen LogP contribution in [0.25, 0.3) is 292 Å². The molecule has 0 bridgehead atoms. The Morgan fingerprint density at radius 3 is 0.986 bits per heavy atom. The maximum Gasteiger partial charge on any atom is 0.235 e. The predicted octanol–water partition coefficient (Wildman–Crippen LogP) is 36.2. The molecule has 0 saturated carbocycles. The fraction of sp³-hybridized carbons (Fsp3) is 0. The van der Waals surface area contributed by atoms with Gasteiger partial charge in [-0.15, -0.1) is 0 Å². The van der Waals surface area contributed by atoms with Gasteiger partial charge in [0, 0.05) is 114 Å². The molecule has 0 unspecified atom stereocenters. The van der Waals surface area contributed by atoms with Gasteiger partial charge in [-0.2, -0.15) is 0 Å². The van der Waals surface area contributed by atoms with Crippen molar-refractivity contribution in [1.29, 1.82) is 0 Å². The second-order valence-electron chi connectivity index (χ2n) is 37.2. The van der Waals surface area contributed by atoms with Crippen molar-refractivity contribution in [3.8, 4) is 95.7 Å². The summed E-state index contributed by atoms with van der Waals surface area (Å²) in [5.74, 6) is 0.602. The SMILES string of the molecule is c1ccc(-c2cc(-c3ccc(-n4c5ccccc5c5c6ccccc6c6c7ccccc7oc6c54)cc3)nc3ccccc23)cc1.c1ccc(-c2ccc(-c3nc(-n4c5ccc(-c6ccccc6)cc5c5c6ccccc6c6c7ccccc7oc6c54)nc4ccccc34)cc2)cc1.c1ccc(-c2nc(-c3ccc(-n4c5ccccc5c5c6ccccc6c6c7ccccc7oc6c54)cc3)cc3ccccc23)cc1. The smallest absolute Gasteiger partial charge is 0.235 e. The maximum atomic E-state index is 6.86. The summed E-state index contributed by atoms with van der Waals surface area (Å²) < 4.78 is 27.3. The Bertz CT molecular complexity index is 10300. The molecule has 31 rings (SSSR count). The van der Waals surface area contributed by atoms with E-state index in [2.05, 4.69) is 469 Å². The number of furan rings is 3.